The van der Waals surface area contributed by atoms with Crippen molar-refractivity contribution in [2.24, 2.45) is 11.8 Å². The molecular weight excluding hydrogens is 350 g/mol. The summed E-state index contributed by atoms with van der Waals surface area (Å²) in [7, 11) is 0. The zero-order valence-electron chi connectivity index (χ0n) is 16.2. The number of carbonyl (C=O) groups is 2. The van der Waals surface area contributed by atoms with E-state index >= 15 is 0 Å². The largest absolute Gasteiger partial charge is 0.342 e. The van der Waals surface area contributed by atoms with Crippen molar-refractivity contribution in [3.05, 3.63) is 66.0 Å². The zero-order chi connectivity index (χ0) is 19.3. The normalized spacial score (nSPS) is 21.0. The highest BCUT2D eigenvalue weighted by atomic mass is 16.2. The minimum Gasteiger partial charge on any atom is -0.342 e. The van der Waals surface area contributed by atoms with Crippen LogP contribution < -0.4 is 0 Å². The van der Waals surface area contributed by atoms with Crippen molar-refractivity contribution in [2.75, 3.05) is 26.2 Å². The fourth-order valence-corrected chi connectivity index (χ4v) is 4.41. The molecule has 5 nitrogen and oxygen atoms in total. The summed E-state index contributed by atoms with van der Waals surface area (Å²) >= 11 is 0. The molecule has 2 aromatic rings. The van der Waals surface area contributed by atoms with E-state index in [9.17, 15) is 9.59 Å². The summed E-state index contributed by atoms with van der Waals surface area (Å²) in [4.78, 5) is 33.2. The van der Waals surface area contributed by atoms with Crippen LogP contribution in [0.5, 0.6) is 0 Å². The van der Waals surface area contributed by atoms with Gasteiger partial charge in [-0.05, 0) is 30.0 Å². The molecule has 4 rings (SSSR count). The van der Waals surface area contributed by atoms with Gasteiger partial charge in [0.25, 0.3) is 0 Å². The minimum absolute atomic E-state index is 0.222. The van der Waals surface area contributed by atoms with Crippen molar-refractivity contribution >= 4 is 11.8 Å². The van der Waals surface area contributed by atoms with Gasteiger partial charge in [-0.25, -0.2) is 0 Å². The van der Waals surface area contributed by atoms with Crippen LogP contribution in [0.25, 0.3) is 0 Å². The average molecular weight is 377 g/mol. The van der Waals surface area contributed by atoms with Crippen LogP contribution in [0.1, 0.15) is 24.0 Å². The van der Waals surface area contributed by atoms with E-state index in [-0.39, 0.29) is 11.8 Å². The second kappa shape index (κ2) is 8.55. The molecule has 0 radical (unpaired) electrons. The number of nitrogens with zero attached hydrogens (tertiary/aromatic N) is 3. The monoisotopic (exact) mass is 377 g/mol. The van der Waals surface area contributed by atoms with Gasteiger partial charge in [-0.1, -0.05) is 36.4 Å². The molecular formula is C23H27N3O2. The number of benzene rings is 1. The van der Waals surface area contributed by atoms with Crippen LogP contribution in [-0.2, 0) is 22.4 Å². The number of hydrogen-bond donors (Lipinski definition) is 0. The van der Waals surface area contributed by atoms with Crippen molar-refractivity contribution in [3.63, 3.8) is 0 Å². The SMILES string of the molecule is O=C(CCc1ccccc1)N1C[C@H]2CN(C(=O)CCc3cccnc3)C[C@@H]2C1. The molecule has 0 aliphatic carbocycles. The zero-order valence-corrected chi connectivity index (χ0v) is 16.2. The van der Waals surface area contributed by atoms with Crippen molar-refractivity contribution in [3.8, 4) is 0 Å². The fraction of sp³-hybridized carbons (Fsp3) is 0.435. The molecule has 2 aliphatic heterocycles. The molecule has 28 heavy (non-hydrogen) atoms. The van der Waals surface area contributed by atoms with Crippen molar-refractivity contribution in [1.29, 1.82) is 0 Å². The lowest BCUT2D eigenvalue weighted by Gasteiger charge is -2.22. The highest BCUT2D eigenvalue weighted by Crippen LogP contribution is 2.32. The molecule has 3 heterocycles. The van der Waals surface area contributed by atoms with Crippen LogP contribution in [0.4, 0.5) is 0 Å². The summed E-state index contributed by atoms with van der Waals surface area (Å²) in [6.45, 7) is 3.17. The summed E-state index contributed by atoms with van der Waals surface area (Å²) in [5.41, 5.74) is 2.31. The third kappa shape index (κ3) is 4.41. The first kappa shape index (κ1) is 18.7. The second-order valence-corrected chi connectivity index (χ2v) is 7.96. The number of aryl methyl sites for hydroxylation is 2. The van der Waals surface area contributed by atoms with Crippen molar-refractivity contribution < 1.29 is 9.59 Å². The van der Waals surface area contributed by atoms with Gasteiger partial charge in [0.05, 0.1) is 0 Å². The molecule has 1 aromatic heterocycles. The first-order valence-electron chi connectivity index (χ1n) is 10.2. The fourth-order valence-electron chi connectivity index (χ4n) is 4.41. The highest BCUT2D eigenvalue weighted by Gasteiger charge is 2.42. The van der Waals surface area contributed by atoms with E-state index < -0.39 is 0 Å². The topological polar surface area (TPSA) is 53.5 Å². The van der Waals surface area contributed by atoms with E-state index in [4.69, 9.17) is 0 Å². The average Bonchev–Trinajstić information content (AvgIpc) is 3.31. The van der Waals surface area contributed by atoms with Crippen LogP contribution in [0, 0.1) is 11.8 Å². The van der Waals surface area contributed by atoms with Crippen LogP contribution in [0.2, 0.25) is 0 Å². The van der Waals surface area contributed by atoms with Crippen LogP contribution >= 0.6 is 0 Å². The van der Waals surface area contributed by atoms with E-state index in [1.807, 2.05) is 46.3 Å². The van der Waals surface area contributed by atoms with Gasteiger partial charge < -0.3 is 9.80 Å². The Balaban J connectivity index is 1.22. The third-order valence-electron chi connectivity index (χ3n) is 6.01. The highest BCUT2D eigenvalue weighted by molar-refractivity contribution is 5.78. The Morgan fingerprint density at radius 1 is 0.786 bits per heavy atom. The summed E-state index contributed by atoms with van der Waals surface area (Å²) in [6, 6.07) is 14.1. The Bertz CT molecular complexity index is 728. The maximum atomic E-state index is 12.6. The molecule has 2 atom stereocenters. The first-order valence-corrected chi connectivity index (χ1v) is 10.2. The smallest absolute Gasteiger partial charge is 0.222 e. The maximum absolute atomic E-state index is 12.6. The Morgan fingerprint density at radius 3 is 1.86 bits per heavy atom. The predicted octanol–water partition coefficient (Wildman–Crippen LogP) is 2.56. The first-order chi connectivity index (χ1) is 13.7. The Hall–Kier alpha value is -2.69. The second-order valence-electron chi connectivity index (χ2n) is 7.96. The van der Waals surface area contributed by atoms with Gasteiger partial charge in [-0.3, -0.25) is 14.6 Å². The van der Waals surface area contributed by atoms with Crippen LogP contribution in [0.15, 0.2) is 54.9 Å². The molecule has 0 N–H and O–H groups in total. The molecule has 0 bridgehead atoms. The number of pyridine rings is 1. The standard InChI is InChI=1S/C23H27N3O2/c27-22(10-8-18-5-2-1-3-6-18)25-14-20-16-26(17-21(20)15-25)23(28)11-9-19-7-4-12-24-13-19/h1-7,12-13,20-21H,8-11,14-17H2/t20-,21-/m0/s1. The van der Waals surface area contributed by atoms with E-state index in [0.29, 0.717) is 24.7 Å². The van der Waals surface area contributed by atoms with E-state index in [1.165, 1.54) is 5.56 Å². The molecule has 2 saturated heterocycles. The molecule has 2 aliphatic rings. The number of amides is 2. The lowest BCUT2D eigenvalue weighted by molar-refractivity contribution is -0.131. The quantitative estimate of drug-likeness (QED) is 0.777. The van der Waals surface area contributed by atoms with Gasteiger partial charge >= 0.3 is 0 Å². The van der Waals surface area contributed by atoms with E-state index in [1.54, 1.807) is 6.20 Å². The van der Waals surface area contributed by atoms with Crippen LogP contribution in [0.3, 0.4) is 0 Å². The summed E-state index contributed by atoms with van der Waals surface area (Å²) in [5.74, 6) is 1.33. The number of hydrogen-bond acceptors (Lipinski definition) is 3. The van der Waals surface area contributed by atoms with Crippen LogP contribution in [-0.4, -0.2) is 52.8 Å². The van der Waals surface area contributed by atoms with Crippen molar-refractivity contribution in [1.82, 2.24) is 14.8 Å². The Kier molecular flexibility index (Phi) is 5.70. The lowest BCUT2D eigenvalue weighted by Crippen LogP contribution is -2.35. The van der Waals surface area contributed by atoms with Gasteiger partial charge in [-0.15, -0.1) is 0 Å². The number of carbonyl (C=O) groups excluding carboxylic acids is 2. The third-order valence-corrected chi connectivity index (χ3v) is 6.01. The molecule has 0 spiro atoms. The van der Waals surface area contributed by atoms with E-state index in [2.05, 4.69) is 17.1 Å². The minimum atomic E-state index is 0.222. The molecule has 2 fully saturated rings. The summed E-state index contributed by atoms with van der Waals surface area (Å²) in [6.07, 6.45) is 6.21. The van der Waals surface area contributed by atoms with Crippen molar-refractivity contribution in [2.45, 2.75) is 25.7 Å². The Morgan fingerprint density at radius 2 is 1.32 bits per heavy atom. The van der Waals surface area contributed by atoms with Gasteiger partial charge in [-0.2, -0.15) is 0 Å². The molecule has 146 valence electrons. The molecule has 2 amide bonds. The Labute approximate surface area is 166 Å². The van der Waals surface area contributed by atoms with Gasteiger partial charge in [0.15, 0.2) is 0 Å². The number of fused-ring (bicyclic) bond motifs is 1. The molecule has 1 aromatic carbocycles. The van der Waals surface area contributed by atoms with Gasteiger partial charge in [0, 0.05) is 63.3 Å². The molecule has 0 saturated carbocycles. The maximum Gasteiger partial charge on any atom is 0.222 e. The summed E-state index contributed by atoms with van der Waals surface area (Å²) in [5, 5.41) is 0. The number of rotatable bonds is 6. The lowest BCUT2D eigenvalue weighted by atomic mass is 10.0. The van der Waals surface area contributed by atoms with Gasteiger partial charge in [0.2, 0.25) is 11.8 Å². The van der Waals surface area contributed by atoms with E-state index in [0.717, 1.165) is 44.6 Å². The number of aromatic nitrogens is 1. The predicted molar refractivity (Wildman–Crippen MR) is 107 cm³/mol. The number of likely N-dealkylation sites (tertiary alicyclic amines) is 2. The molecule has 5 heteroatoms. The molecule has 0 unspecified atom stereocenters. The van der Waals surface area contributed by atoms with Gasteiger partial charge in [0.1, 0.15) is 0 Å². The summed E-state index contributed by atoms with van der Waals surface area (Å²) < 4.78 is 0.